The zero-order chi connectivity index (χ0) is 22.4. The molecule has 0 atom stereocenters. The number of hydrogen-bond donors (Lipinski definition) is 1. The Morgan fingerprint density at radius 1 is 1.00 bits per heavy atom. The van der Waals surface area contributed by atoms with Crippen LogP contribution in [0.25, 0.3) is 16.7 Å². The van der Waals surface area contributed by atoms with Gasteiger partial charge in [0.05, 0.1) is 22.3 Å². The Morgan fingerprint density at radius 3 is 2.35 bits per heavy atom. The topological polar surface area (TPSA) is 59.8 Å². The maximum absolute atomic E-state index is 13.4. The smallest absolute Gasteiger partial charge is 0.256 e. The molecule has 1 amide bonds. The van der Waals surface area contributed by atoms with Crippen molar-refractivity contribution in [3.8, 4) is 5.69 Å². The molecule has 0 aliphatic carbocycles. The number of amides is 1. The van der Waals surface area contributed by atoms with Crippen molar-refractivity contribution in [3.05, 3.63) is 80.6 Å². The van der Waals surface area contributed by atoms with Crippen molar-refractivity contribution in [2.75, 3.05) is 5.32 Å². The molecule has 0 saturated heterocycles. The first-order valence-electron chi connectivity index (χ1n) is 10.2. The van der Waals surface area contributed by atoms with Gasteiger partial charge in [0, 0.05) is 16.4 Å². The van der Waals surface area contributed by atoms with Crippen molar-refractivity contribution in [2.24, 2.45) is 0 Å². The Balaban J connectivity index is 1.88. The molecule has 2 heterocycles. The fourth-order valence-corrected chi connectivity index (χ4v) is 4.31. The summed E-state index contributed by atoms with van der Waals surface area (Å²) in [6, 6.07) is 11.7. The predicted molar refractivity (Wildman–Crippen MR) is 127 cm³/mol. The molecule has 0 radical (unpaired) electrons. The molecule has 0 fully saturated rings. The molecule has 0 spiro atoms. The van der Waals surface area contributed by atoms with E-state index >= 15 is 0 Å². The second-order valence-electron chi connectivity index (χ2n) is 8.12. The standard InChI is InChI=1S/C25H25ClN4O/c1-13-10-14(2)23(15(3)11-13)28-25(31)19-12-16(4)27-24-22(19)18(6)29-30(24)21-9-7-8-20(26)17(21)5/h7-12H,1-6H3,(H,28,31). The molecular weight excluding hydrogens is 408 g/mol. The van der Waals surface area contributed by atoms with Crippen LogP contribution >= 0.6 is 11.6 Å². The summed E-state index contributed by atoms with van der Waals surface area (Å²) in [7, 11) is 0. The van der Waals surface area contributed by atoms with Gasteiger partial charge in [0.25, 0.3) is 5.91 Å². The van der Waals surface area contributed by atoms with E-state index in [1.165, 1.54) is 5.56 Å². The van der Waals surface area contributed by atoms with Crippen LogP contribution in [0.4, 0.5) is 5.69 Å². The number of hydrogen-bond acceptors (Lipinski definition) is 3. The number of fused-ring (bicyclic) bond motifs is 1. The largest absolute Gasteiger partial charge is 0.321 e. The van der Waals surface area contributed by atoms with E-state index in [1.54, 1.807) is 4.68 Å². The third-order valence-corrected chi connectivity index (χ3v) is 5.98. The van der Waals surface area contributed by atoms with Crippen LogP contribution in [0.5, 0.6) is 0 Å². The number of rotatable bonds is 3. The van der Waals surface area contributed by atoms with Crippen LogP contribution < -0.4 is 5.32 Å². The number of halogens is 1. The van der Waals surface area contributed by atoms with Crippen LogP contribution in [0.2, 0.25) is 5.02 Å². The quantitative estimate of drug-likeness (QED) is 0.420. The number of pyridine rings is 1. The van der Waals surface area contributed by atoms with Gasteiger partial charge in [-0.15, -0.1) is 0 Å². The van der Waals surface area contributed by atoms with Gasteiger partial charge in [-0.25, -0.2) is 9.67 Å². The monoisotopic (exact) mass is 432 g/mol. The molecule has 31 heavy (non-hydrogen) atoms. The van der Waals surface area contributed by atoms with Crippen molar-refractivity contribution < 1.29 is 4.79 Å². The SMILES string of the molecule is Cc1cc(C)c(NC(=O)c2cc(C)nc3c2c(C)nn3-c2cccc(Cl)c2C)c(C)c1. The Bertz CT molecular complexity index is 1330. The second kappa shape index (κ2) is 7.82. The molecule has 4 aromatic rings. The summed E-state index contributed by atoms with van der Waals surface area (Å²) in [5, 5.41) is 9.23. The highest BCUT2D eigenvalue weighted by molar-refractivity contribution is 6.31. The maximum atomic E-state index is 13.4. The first kappa shape index (κ1) is 21.1. The number of carbonyl (C=O) groups is 1. The Labute approximate surface area is 187 Å². The molecule has 0 aliphatic heterocycles. The highest BCUT2D eigenvalue weighted by atomic mass is 35.5. The number of aromatic nitrogens is 3. The van der Waals surface area contributed by atoms with Crippen LogP contribution in [-0.2, 0) is 0 Å². The third-order valence-electron chi connectivity index (χ3n) is 5.57. The summed E-state index contributed by atoms with van der Waals surface area (Å²) >= 11 is 6.34. The molecule has 158 valence electrons. The number of nitrogens with zero attached hydrogens (tertiary/aromatic N) is 3. The van der Waals surface area contributed by atoms with E-state index in [1.807, 2.05) is 58.9 Å². The van der Waals surface area contributed by atoms with E-state index in [9.17, 15) is 4.79 Å². The summed E-state index contributed by atoms with van der Waals surface area (Å²) in [4.78, 5) is 18.1. The predicted octanol–water partition coefficient (Wildman–Crippen LogP) is 6.18. The number of benzene rings is 2. The molecule has 2 aromatic heterocycles. The fourth-order valence-electron chi connectivity index (χ4n) is 4.14. The summed E-state index contributed by atoms with van der Waals surface area (Å²) in [6.07, 6.45) is 0. The van der Waals surface area contributed by atoms with Crippen LogP contribution in [0.15, 0.2) is 36.4 Å². The number of carbonyl (C=O) groups excluding carboxylic acids is 1. The van der Waals surface area contributed by atoms with Gasteiger partial charge in [-0.05, 0) is 76.4 Å². The molecule has 4 rings (SSSR count). The fraction of sp³-hybridized carbons (Fsp3) is 0.240. The average Bonchev–Trinajstić information content (AvgIpc) is 3.02. The molecule has 0 aliphatic rings. The Hall–Kier alpha value is -3.18. The molecule has 0 saturated carbocycles. The Kier molecular flexibility index (Phi) is 5.31. The molecular formula is C25H25ClN4O. The van der Waals surface area contributed by atoms with Gasteiger partial charge in [0.15, 0.2) is 5.65 Å². The lowest BCUT2D eigenvalue weighted by Gasteiger charge is -2.14. The highest BCUT2D eigenvalue weighted by Gasteiger charge is 2.21. The van der Waals surface area contributed by atoms with E-state index < -0.39 is 0 Å². The number of aryl methyl sites for hydroxylation is 5. The van der Waals surface area contributed by atoms with E-state index in [4.69, 9.17) is 21.7 Å². The molecule has 5 nitrogen and oxygen atoms in total. The molecule has 0 unspecified atom stereocenters. The van der Waals surface area contributed by atoms with Crippen molar-refractivity contribution in [1.82, 2.24) is 14.8 Å². The second-order valence-corrected chi connectivity index (χ2v) is 8.53. The molecule has 2 aromatic carbocycles. The zero-order valence-corrected chi connectivity index (χ0v) is 19.3. The van der Waals surface area contributed by atoms with Gasteiger partial charge >= 0.3 is 0 Å². The van der Waals surface area contributed by atoms with E-state index in [0.717, 1.165) is 44.8 Å². The molecule has 0 bridgehead atoms. The minimum atomic E-state index is -0.170. The lowest BCUT2D eigenvalue weighted by molar-refractivity contribution is 0.102. The lowest BCUT2D eigenvalue weighted by Crippen LogP contribution is -2.15. The van der Waals surface area contributed by atoms with Crippen LogP contribution in [0.1, 0.15) is 44.0 Å². The van der Waals surface area contributed by atoms with Crippen molar-refractivity contribution in [2.45, 2.75) is 41.5 Å². The van der Waals surface area contributed by atoms with Crippen molar-refractivity contribution >= 4 is 34.2 Å². The van der Waals surface area contributed by atoms with Gasteiger partial charge in [0.1, 0.15) is 0 Å². The molecule has 1 N–H and O–H groups in total. The normalized spacial score (nSPS) is 11.2. The lowest BCUT2D eigenvalue weighted by atomic mass is 10.0. The van der Waals surface area contributed by atoms with E-state index in [-0.39, 0.29) is 5.91 Å². The maximum Gasteiger partial charge on any atom is 0.256 e. The van der Waals surface area contributed by atoms with Crippen LogP contribution in [0.3, 0.4) is 0 Å². The molecule has 6 heteroatoms. The van der Waals surface area contributed by atoms with Gasteiger partial charge in [-0.1, -0.05) is 35.4 Å². The van der Waals surface area contributed by atoms with Gasteiger partial charge in [-0.2, -0.15) is 5.10 Å². The number of nitrogens with one attached hydrogen (secondary N) is 1. The van der Waals surface area contributed by atoms with Crippen molar-refractivity contribution in [1.29, 1.82) is 0 Å². The first-order chi connectivity index (χ1) is 14.7. The van der Waals surface area contributed by atoms with Crippen molar-refractivity contribution in [3.63, 3.8) is 0 Å². The first-order valence-corrected chi connectivity index (χ1v) is 10.6. The minimum absolute atomic E-state index is 0.170. The van der Waals surface area contributed by atoms with Gasteiger partial charge < -0.3 is 5.32 Å². The minimum Gasteiger partial charge on any atom is -0.321 e. The average molecular weight is 433 g/mol. The van der Waals surface area contributed by atoms with E-state index in [2.05, 4.69) is 24.4 Å². The zero-order valence-electron chi connectivity index (χ0n) is 18.6. The highest BCUT2D eigenvalue weighted by Crippen LogP contribution is 2.30. The summed E-state index contributed by atoms with van der Waals surface area (Å²) in [5.74, 6) is -0.170. The summed E-state index contributed by atoms with van der Waals surface area (Å²) in [6.45, 7) is 11.8. The van der Waals surface area contributed by atoms with Gasteiger partial charge in [0.2, 0.25) is 0 Å². The van der Waals surface area contributed by atoms with E-state index in [0.29, 0.717) is 16.2 Å². The third kappa shape index (κ3) is 3.70. The van der Waals surface area contributed by atoms with Crippen LogP contribution in [0, 0.1) is 41.5 Å². The Morgan fingerprint density at radius 2 is 1.68 bits per heavy atom. The van der Waals surface area contributed by atoms with Crippen LogP contribution in [-0.4, -0.2) is 20.7 Å². The summed E-state index contributed by atoms with van der Waals surface area (Å²) in [5.41, 5.74) is 8.53. The summed E-state index contributed by atoms with van der Waals surface area (Å²) < 4.78 is 1.78. The number of anilines is 1. The van der Waals surface area contributed by atoms with Gasteiger partial charge in [-0.3, -0.25) is 4.79 Å².